The molecular weight excluding hydrogens is 386 g/mol. The van der Waals surface area contributed by atoms with Crippen molar-refractivity contribution in [1.29, 1.82) is 0 Å². The van der Waals surface area contributed by atoms with E-state index in [-0.39, 0.29) is 18.1 Å². The summed E-state index contributed by atoms with van der Waals surface area (Å²) in [5.41, 5.74) is 1.84. The number of amides is 1. The van der Waals surface area contributed by atoms with Gasteiger partial charge in [0.05, 0.1) is 17.6 Å². The minimum absolute atomic E-state index is 0.214. The summed E-state index contributed by atoms with van der Waals surface area (Å²) in [7, 11) is 1.53. The standard InChI is InChI=1S/C19H15NO5S2/c1-24-15-8-12(9-16-17(21)20-19(26)27-16)4-7-14(15)25-10-11-2-5-13(6-3-11)18(22)23/h2-9H,10H2,1H3,(H,22,23)(H,20,21,26)/b16-9+. The normalized spacial score (nSPS) is 14.9. The van der Waals surface area contributed by atoms with Gasteiger partial charge in [0, 0.05) is 0 Å². The Kier molecular flexibility index (Phi) is 5.78. The number of rotatable bonds is 6. The quantitative estimate of drug-likeness (QED) is 0.566. The Hall–Kier alpha value is -2.84. The number of aromatic carboxylic acids is 1. The van der Waals surface area contributed by atoms with Crippen molar-refractivity contribution in [2.45, 2.75) is 6.61 Å². The number of ether oxygens (including phenoxy) is 2. The molecule has 0 bridgehead atoms. The molecule has 8 heteroatoms. The molecule has 1 fully saturated rings. The number of carboxylic acid groups (broad SMARTS) is 1. The Bertz CT molecular complexity index is 938. The molecule has 1 aliphatic heterocycles. The molecule has 1 aliphatic rings. The van der Waals surface area contributed by atoms with E-state index in [1.165, 1.54) is 31.0 Å². The van der Waals surface area contributed by atoms with Gasteiger partial charge in [0.25, 0.3) is 5.91 Å². The molecule has 6 nitrogen and oxygen atoms in total. The Labute approximate surface area is 165 Å². The molecule has 0 radical (unpaired) electrons. The molecule has 0 aliphatic carbocycles. The fourth-order valence-electron chi connectivity index (χ4n) is 2.37. The van der Waals surface area contributed by atoms with Crippen LogP contribution in [0.4, 0.5) is 0 Å². The Morgan fingerprint density at radius 2 is 1.96 bits per heavy atom. The van der Waals surface area contributed by atoms with Crippen molar-refractivity contribution in [1.82, 2.24) is 5.32 Å². The van der Waals surface area contributed by atoms with Crippen molar-refractivity contribution < 1.29 is 24.2 Å². The van der Waals surface area contributed by atoms with Gasteiger partial charge in [-0.3, -0.25) is 4.79 Å². The molecule has 138 valence electrons. The van der Waals surface area contributed by atoms with Gasteiger partial charge in [-0.2, -0.15) is 0 Å². The molecule has 3 rings (SSSR count). The third-order valence-electron chi connectivity index (χ3n) is 3.72. The summed E-state index contributed by atoms with van der Waals surface area (Å²) in [5.74, 6) is -0.115. The van der Waals surface area contributed by atoms with Crippen LogP contribution in [-0.4, -0.2) is 28.4 Å². The molecule has 2 aromatic rings. The summed E-state index contributed by atoms with van der Waals surface area (Å²) in [6.07, 6.45) is 1.73. The number of thiocarbonyl (C=S) groups is 1. The van der Waals surface area contributed by atoms with Crippen LogP contribution in [0, 0.1) is 0 Å². The number of hydrogen-bond donors (Lipinski definition) is 2. The minimum atomic E-state index is -0.969. The highest BCUT2D eigenvalue weighted by molar-refractivity contribution is 8.26. The Morgan fingerprint density at radius 1 is 1.22 bits per heavy atom. The average Bonchev–Trinajstić information content (AvgIpc) is 2.97. The first kappa shape index (κ1) is 18.9. The van der Waals surface area contributed by atoms with Gasteiger partial charge in [0.1, 0.15) is 10.9 Å². The van der Waals surface area contributed by atoms with Gasteiger partial charge in [-0.1, -0.05) is 42.2 Å². The molecule has 0 saturated carbocycles. The van der Waals surface area contributed by atoms with E-state index in [9.17, 15) is 9.59 Å². The van der Waals surface area contributed by atoms with E-state index in [0.717, 1.165) is 11.1 Å². The number of carboxylic acids is 1. The van der Waals surface area contributed by atoms with Crippen molar-refractivity contribution in [3.63, 3.8) is 0 Å². The number of carbonyl (C=O) groups is 2. The molecule has 0 aromatic heterocycles. The lowest BCUT2D eigenvalue weighted by Gasteiger charge is -2.11. The van der Waals surface area contributed by atoms with E-state index < -0.39 is 5.97 Å². The number of methoxy groups -OCH3 is 1. The second-order valence-corrected chi connectivity index (χ2v) is 7.27. The summed E-state index contributed by atoms with van der Waals surface area (Å²) in [5, 5.41) is 11.5. The largest absolute Gasteiger partial charge is 0.493 e. The highest BCUT2D eigenvalue weighted by Gasteiger charge is 2.22. The van der Waals surface area contributed by atoms with Crippen LogP contribution in [0.1, 0.15) is 21.5 Å². The molecule has 1 saturated heterocycles. The van der Waals surface area contributed by atoms with E-state index in [4.69, 9.17) is 26.8 Å². The molecule has 1 heterocycles. The van der Waals surface area contributed by atoms with Gasteiger partial charge in [-0.15, -0.1) is 0 Å². The van der Waals surface area contributed by atoms with E-state index >= 15 is 0 Å². The summed E-state index contributed by atoms with van der Waals surface area (Å²) < 4.78 is 11.6. The molecule has 0 atom stereocenters. The highest BCUT2D eigenvalue weighted by atomic mass is 32.2. The van der Waals surface area contributed by atoms with Crippen LogP contribution in [0.5, 0.6) is 11.5 Å². The number of thioether (sulfide) groups is 1. The smallest absolute Gasteiger partial charge is 0.335 e. The summed E-state index contributed by atoms with van der Waals surface area (Å²) in [4.78, 5) is 23.2. The topological polar surface area (TPSA) is 84.9 Å². The maximum Gasteiger partial charge on any atom is 0.335 e. The van der Waals surface area contributed by atoms with Gasteiger partial charge >= 0.3 is 5.97 Å². The lowest BCUT2D eigenvalue weighted by Crippen LogP contribution is -2.17. The molecular formula is C19H15NO5S2. The minimum Gasteiger partial charge on any atom is -0.493 e. The van der Waals surface area contributed by atoms with Crippen LogP contribution < -0.4 is 14.8 Å². The summed E-state index contributed by atoms with van der Waals surface area (Å²) in [6.45, 7) is 0.267. The van der Waals surface area contributed by atoms with Crippen molar-refractivity contribution in [2.75, 3.05) is 7.11 Å². The van der Waals surface area contributed by atoms with Crippen molar-refractivity contribution in [3.8, 4) is 11.5 Å². The first-order chi connectivity index (χ1) is 13.0. The highest BCUT2D eigenvalue weighted by Crippen LogP contribution is 2.32. The van der Waals surface area contributed by atoms with Crippen LogP contribution in [-0.2, 0) is 11.4 Å². The van der Waals surface area contributed by atoms with Gasteiger partial charge in [0.15, 0.2) is 11.5 Å². The lowest BCUT2D eigenvalue weighted by molar-refractivity contribution is -0.115. The van der Waals surface area contributed by atoms with Crippen LogP contribution in [0.25, 0.3) is 6.08 Å². The van der Waals surface area contributed by atoms with Gasteiger partial charge in [0.2, 0.25) is 0 Å². The zero-order valence-corrected chi connectivity index (χ0v) is 15.9. The molecule has 27 heavy (non-hydrogen) atoms. The van der Waals surface area contributed by atoms with Crippen LogP contribution in [0.3, 0.4) is 0 Å². The van der Waals surface area contributed by atoms with Gasteiger partial charge in [-0.05, 0) is 41.5 Å². The summed E-state index contributed by atoms with van der Waals surface area (Å²) >= 11 is 6.19. The number of benzene rings is 2. The Morgan fingerprint density at radius 3 is 2.56 bits per heavy atom. The monoisotopic (exact) mass is 401 g/mol. The fourth-order valence-corrected chi connectivity index (χ4v) is 3.41. The molecule has 0 spiro atoms. The number of nitrogens with one attached hydrogen (secondary N) is 1. The molecule has 1 amide bonds. The van der Waals surface area contributed by atoms with E-state index in [0.29, 0.717) is 20.7 Å². The number of hydrogen-bond acceptors (Lipinski definition) is 6. The van der Waals surface area contributed by atoms with Crippen molar-refractivity contribution >= 4 is 46.3 Å². The van der Waals surface area contributed by atoms with E-state index in [2.05, 4.69) is 5.32 Å². The maximum atomic E-state index is 11.8. The maximum absolute atomic E-state index is 11.8. The second-order valence-electron chi connectivity index (χ2n) is 5.55. The summed E-state index contributed by atoms with van der Waals surface area (Å²) in [6, 6.07) is 11.8. The molecule has 0 unspecified atom stereocenters. The average molecular weight is 401 g/mol. The predicted molar refractivity (Wildman–Crippen MR) is 107 cm³/mol. The SMILES string of the molecule is COc1cc(/C=C2/SC(=S)NC2=O)ccc1OCc1ccc(C(=O)O)cc1. The first-order valence-corrected chi connectivity index (χ1v) is 9.06. The third kappa shape index (κ3) is 4.66. The zero-order chi connectivity index (χ0) is 19.4. The van der Waals surface area contributed by atoms with Crippen molar-refractivity contribution in [3.05, 3.63) is 64.1 Å². The van der Waals surface area contributed by atoms with Crippen LogP contribution in [0.2, 0.25) is 0 Å². The van der Waals surface area contributed by atoms with Gasteiger partial charge < -0.3 is 19.9 Å². The first-order valence-electron chi connectivity index (χ1n) is 7.84. The van der Waals surface area contributed by atoms with E-state index in [1.54, 1.807) is 30.3 Å². The number of carbonyl (C=O) groups excluding carboxylic acids is 1. The third-order valence-corrected chi connectivity index (χ3v) is 4.89. The zero-order valence-electron chi connectivity index (χ0n) is 14.2. The van der Waals surface area contributed by atoms with Crippen molar-refractivity contribution in [2.24, 2.45) is 0 Å². The fraction of sp³-hybridized carbons (Fsp3) is 0.105. The van der Waals surface area contributed by atoms with Crippen LogP contribution >= 0.6 is 24.0 Å². The van der Waals surface area contributed by atoms with E-state index in [1.807, 2.05) is 6.07 Å². The molecule has 2 N–H and O–H groups in total. The van der Waals surface area contributed by atoms with Gasteiger partial charge in [-0.25, -0.2) is 4.79 Å². The second kappa shape index (κ2) is 8.24. The predicted octanol–water partition coefficient (Wildman–Crippen LogP) is 3.46. The Balaban J connectivity index is 1.73. The molecule has 2 aromatic carbocycles. The lowest BCUT2D eigenvalue weighted by atomic mass is 10.1. The van der Waals surface area contributed by atoms with Crippen LogP contribution in [0.15, 0.2) is 47.4 Å².